The summed E-state index contributed by atoms with van der Waals surface area (Å²) in [4.78, 5) is 2.87. The second kappa shape index (κ2) is 8.30. The molecule has 174 valence electrons. The molecule has 0 saturated heterocycles. The van der Waals surface area contributed by atoms with Gasteiger partial charge < -0.3 is 0 Å². The average Bonchev–Trinajstić information content (AvgIpc) is 3.45. The van der Waals surface area contributed by atoms with Crippen LogP contribution in [0.2, 0.25) is 0 Å². The second-order valence-corrected chi connectivity index (χ2v) is 14.4. The largest absolute Gasteiger partial charge is 0.118 e. The maximum absolute atomic E-state index is 3.98. The van der Waals surface area contributed by atoms with E-state index in [2.05, 4.69) is 97.7 Å². The molecular weight excluding hydrogens is 584 g/mol. The van der Waals surface area contributed by atoms with Gasteiger partial charge in [0.15, 0.2) is 0 Å². The highest BCUT2D eigenvalue weighted by Crippen LogP contribution is 2.38. The predicted octanol–water partition coefficient (Wildman–Crippen LogP) is 7.16. The highest BCUT2D eigenvalue weighted by Gasteiger charge is 2.26. The van der Waals surface area contributed by atoms with Crippen LogP contribution < -0.4 is 20.9 Å². The van der Waals surface area contributed by atoms with Gasteiger partial charge in [0.2, 0.25) is 0 Å². The minimum atomic E-state index is 0.558. The van der Waals surface area contributed by atoms with Crippen molar-refractivity contribution in [2.75, 3.05) is 0 Å². The lowest BCUT2D eigenvalue weighted by Gasteiger charge is -2.09. The summed E-state index contributed by atoms with van der Waals surface area (Å²) in [6, 6.07) is 4.93. The van der Waals surface area contributed by atoms with Crippen LogP contribution in [0.15, 0.2) is 42.0 Å². The number of rotatable bonds is 3. The summed E-state index contributed by atoms with van der Waals surface area (Å²) in [6.45, 7) is 13.8. The Bertz CT molecular complexity index is 1510. The highest BCUT2D eigenvalue weighted by atomic mass is 79.9. The van der Waals surface area contributed by atoms with Crippen LogP contribution in [0, 0.1) is 0 Å². The number of allylic oxidation sites excluding steroid dienone is 2. The minimum Gasteiger partial charge on any atom is -0.118 e. The van der Waals surface area contributed by atoms with Crippen molar-refractivity contribution in [1.82, 2.24) is 0 Å². The molecule has 0 nitrogen and oxygen atoms in total. The Morgan fingerprint density at radius 1 is 0.676 bits per heavy atom. The molecule has 0 fully saturated rings. The van der Waals surface area contributed by atoms with E-state index in [1.165, 1.54) is 84.2 Å². The van der Waals surface area contributed by atoms with Crippen LogP contribution in [0.4, 0.5) is 0 Å². The van der Waals surface area contributed by atoms with Gasteiger partial charge in [0, 0.05) is 39.7 Å². The zero-order valence-corrected chi connectivity index (χ0v) is 25.3. The zero-order valence-electron chi connectivity index (χ0n) is 20.5. The zero-order chi connectivity index (χ0) is 24.0. The van der Waals surface area contributed by atoms with Crippen LogP contribution in [0.5, 0.6) is 0 Å². The van der Waals surface area contributed by atoms with Gasteiger partial charge in [0.05, 0.1) is 0 Å². The van der Waals surface area contributed by atoms with Crippen molar-refractivity contribution in [2.24, 2.45) is 0 Å². The van der Waals surface area contributed by atoms with Crippen molar-refractivity contribution >= 4 is 89.8 Å². The Morgan fingerprint density at radius 3 is 1.44 bits per heavy atom. The first-order chi connectivity index (χ1) is 16.2. The van der Waals surface area contributed by atoms with E-state index in [-0.39, 0.29) is 0 Å². The van der Waals surface area contributed by atoms with Gasteiger partial charge in [-0.25, -0.2) is 0 Å². The van der Waals surface area contributed by atoms with Gasteiger partial charge in [-0.3, -0.25) is 0 Å². The number of hydrogen-bond donors (Lipinski definition) is 0. The molecule has 2 atom stereocenters. The third-order valence-corrected chi connectivity index (χ3v) is 12.3. The number of halogens is 2. The second-order valence-electron chi connectivity index (χ2n) is 10.0. The van der Waals surface area contributed by atoms with E-state index < -0.39 is 0 Å². The molecule has 2 unspecified atom stereocenters. The van der Waals surface area contributed by atoms with E-state index >= 15 is 0 Å². The van der Waals surface area contributed by atoms with Gasteiger partial charge in [-0.05, 0) is 154 Å². The lowest BCUT2D eigenvalue weighted by Crippen LogP contribution is -2.18. The van der Waals surface area contributed by atoms with Crippen LogP contribution in [0.3, 0.4) is 0 Å². The van der Waals surface area contributed by atoms with E-state index in [9.17, 15) is 0 Å². The van der Waals surface area contributed by atoms with E-state index in [1.54, 1.807) is 0 Å². The summed E-state index contributed by atoms with van der Waals surface area (Å²) in [7, 11) is 0. The van der Waals surface area contributed by atoms with Gasteiger partial charge in [-0.1, -0.05) is 11.1 Å². The molecule has 6 rings (SSSR count). The Hall–Kier alpha value is -0.940. The lowest BCUT2D eigenvalue weighted by atomic mass is 9.96. The third-order valence-electron chi connectivity index (χ3n) is 8.10. The summed E-state index contributed by atoms with van der Waals surface area (Å²) >= 11 is 12.0. The summed E-state index contributed by atoms with van der Waals surface area (Å²) in [5.74, 6) is 0. The first-order valence-corrected chi connectivity index (χ1v) is 15.4. The molecule has 2 aromatic carbocycles. The fraction of sp³-hybridized carbons (Fsp3) is 0.333. The van der Waals surface area contributed by atoms with Gasteiger partial charge in [0.25, 0.3) is 0 Å². The van der Waals surface area contributed by atoms with Gasteiger partial charge in [-0.2, -0.15) is 0 Å². The van der Waals surface area contributed by atoms with Crippen LogP contribution in [-0.2, 0) is 0 Å². The highest BCUT2D eigenvalue weighted by molar-refractivity contribution is 9.10. The average molecular weight is 612 g/mol. The normalized spacial score (nSPS) is 22.2. The molecule has 34 heavy (non-hydrogen) atoms. The first-order valence-electron chi connectivity index (χ1n) is 12.0. The number of benzene rings is 2. The Balaban J connectivity index is 1.45. The summed E-state index contributed by atoms with van der Waals surface area (Å²) in [5.41, 5.74) is 11.6. The Labute approximate surface area is 227 Å². The van der Waals surface area contributed by atoms with Crippen LogP contribution in [-0.4, -0.2) is 10.5 Å². The quantitative estimate of drug-likeness (QED) is 0.361. The van der Waals surface area contributed by atoms with Crippen molar-refractivity contribution in [2.45, 2.75) is 74.7 Å². The molecule has 0 amide bonds. The molecule has 0 radical (unpaired) electrons. The Morgan fingerprint density at radius 2 is 1.06 bits per heavy atom. The van der Waals surface area contributed by atoms with Gasteiger partial charge >= 0.3 is 0 Å². The van der Waals surface area contributed by atoms with Crippen molar-refractivity contribution in [3.8, 4) is 0 Å². The fourth-order valence-electron chi connectivity index (χ4n) is 5.90. The van der Waals surface area contributed by atoms with Crippen LogP contribution >= 0.6 is 55.4 Å². The molecule has 2 aromatic rings. The molecule has 2 aliphatic heterocycles. The maximum Gasteiger partial charge on any atom is 0.0337 e. The molecule has 0 bridgehead atoms. The summed E-state index contributed by atoms with van der Waals surface area (Å²) < 4.78 is 2.58. The molecule has 4 aliphatic rings. The van der Waals surface area contributed by atoms with Crippen molar-refractivity contribution in [3.63, 3.8) is 0 Å². The lowest BCUT2D eigenvalue weighted by molar-refractivity contribution is 1.06. The topological polar surface area (TPSA) is 0 Å². The van der Waals surface area contributed by atoms with Crippen LogP contribution in [0.25, 0.3) is 34.4 Å². The molecule has 0 saturated carbocycles. The molecular formula is C30H28Br2S2. The standard InChI is InChI=1S/C30H28Br2S2/c1-13-9-23-21(11-25-27(29(23)31)15(3)17(5)33-25)19(13)7-8-20-14(2)10-24-22(20)12-26-28(30(24)32)16(4)18(6)34-26/h9-12,17-18H,7-8H2,1-6H3. The molecule has 0 aromatic heterocycles. The summed E-state index contributed by atoms with van der Waals surface area (Å²) in [5, 5.41) is 6.84. The van der Waals surface area contributed by atoms with Gasteiger partial charge in [0.1, 0.15) is 0 Å². The molecule has 2 aliphatic carbocycles. The van der Waals surface area contributed by atoms with Crippen molar-refractivity contribution in [3.05, 3.63) is 64.2 Å². The fourth-order valence-corrected chi connectivity index (χ4v) is 10.4. The van der Waals surface area contributed by atoms with E-state index in [1.807, 2.05) is 23.5 Å². The van der Waals surface area contributed by atoms with Crippen LogP contribution in [0.1, 0.15) is 65.5 Å². The number of fused-ring (bicyclic) bond motifs is 4. The van der Waals surface area contributed by atoms with E-state index in [0.29, 0.717) is 10.5 Å². The minimum absolute atomic E-state index is 0.558. The summed E-state index contributed by atoms with van der Waals surface area (Å²) in [6.07, 6.45) is 6.94. The molecule has 4 heteroatoms. The smallest absolute Gasteiger partial charge is 0.0337 e. The van der Waals surface area contributed by atoms with Gasteiger partial charge in [-0.15, -0.1) is 23.5 Å². The number of thioether (sulfide) groups is 2. The number of hydrogen-bond acceptors (Lipinski definition) is 2. The third kappa shape index (κ3) is 3.31. The SMILES string of the molecule is CC1=Cc2c(Br)c3c(cc2=C1CCC1=c2cc4c(c(Br)c2C=C1C)=C(C)C(C)S4)SC(C)C=3C. The Kier molecular flexibility index (Phi) is 5.72. The maximum atomic E-state index is 3.98. The van der Waals surface area contributed by atoms with E-state index in [0.717, 1.165) is 12.8 Å². The predicted molar refractivity (Wildman–Crippen MR) is 159 cm³/mol. The van der Waals surface area contributed by atoms with Crippen molar-refractivity contribution < 1.29 is 0 Å². The monoisotopic (exact) mass is 610 g/mol. The van der Waals surface area contributed by atoms with Crippen molar-refractivity contribution in [1.29, 1.82) is 0 Å². The first kappa shape index (κ1) is 23.5. The molecule has 0 N–H and O–H groups in total. The molecule has 0 spiro atoms. The van der Waals surface area contributed by atoms with E-state index in [4.69, 9.17) is 0 Å². The molecule has 2 heterocycles.